The topological polar surface area (TPSA) is 24.1 Å². The van der Waals surface area contributed by atoms with Gasteiger partial charge in [-0.15, -0.1) is 0 Å². The molecule has 0 aromatic heterocycles. The summed E-state index contributed by atoms with van der Waals surface area (Å²) in [6.07, 6.45) is 9.36. The molecule has 104 valence electrons. The average molecular weight is 258 g/mol. The van der Waals surface area contributed by atoms with Crippen LogP contribution in [0.25, 0.3) is 0 Å². The maximum Gasteiger partial charge on any atom is 0.0375 e. The van der Waals surface area contributed by atoms with Gasteiger partial charge in [-0.05, 0) is 49.8 Å². The summed E-state index contributed by atoms with van der Waals surface area (Å²) >= 11 is 0. The highest BCUT2D eigenvalue weighted by molar-refractivity contribution is 5.56. The van der Waals surface area contributed by atoms with E-state index in [1.165, 1.54) is 56.2 Å². The number of hydrogen-bond donors (Lipinski definition) is 2. The van der Waals surface area contributed by atoms with Crippen molar-refractivity contribution in [1.29, 1.82) is 0 Å². The number of nitrogens with one attached hydrogen (secondary N) is 2. The first-order chi connectivity index (χ1) is 9.27. The summed E-state index contributed by atoms with van der Waals surface area (Å²) < 4.78 is 0. The van der Waals surface area contributed by atoms with E-state index in [1.54, 1.807) is 5.56 Å². The van der Waals surface area contributed by atoms with Crippen molar-refractivity contribution in [1.82, 2.24) is 5.32 Å². The lowest BCUT2D eigenvalue weighted by Gasteiger charge is -2.35. The first kappa shape index (κ1) is 13.0. The van der Waals surface area contributed by atoms with E-state index in [0.717, 1.165) is 13.1 Å². The van der Waals surface area contributed by atoms with Crippen LogP contribution in [-0.2, 0) is 13.0 Å². The number of anilines is 1. The van der Waals surface area contributed by atoms with E-state index >= 15 is 0 Å². The molecule has 1 aromatic carbocycles. The Morgan fingerprint density at radius 2 is 2.00 bits per heavy atom. The molecule has 1 aliphatic carbocycles. The van der Waals surface area contributed by atoms with E-state index in [0.29, 0.717) is 5.54 Å². The van der Waals surface area contributed by atoms with Gasteiger partial charge in [-0.3, -0.25) is 0 Å². The third-order valence-electron chi connectivity index (χ3n) is 4.85. The molecule has 2 aliphatic rings. The van der Waals surface area contributed by atoms with Crippen molar-refractivity contribution in [2.45, 2.75) is 64.0 Å². The lowest BCUT2D eigenvalue weighted by molar-refractivity contribution is 0.252. The van der Waals surface area contributed by atoms with Gasteiger partial charge in [0, 0.05) is 24.3 Å². The molecule has 0 atom stereocenters. The minimum absolute atomic E-state index is 0.364. The fraction of sp³-hybridized carbons (Fsp3) is 0.647. The quantitative estimate of drug-likeness (QED) is 0.860. The van der Waals surface area contributed by atoms with Crippen LogP contribution in [0.1, 0.15) is 56.6 Å². The summed E-state index contributed by atoms with van der Waals surface area (Å²) in [7, 11) is 0. The van der Waals surface area contributed by atoms with Crippen molar-refractivity contribution in [3.05, 3.63) is 29.3 Å². The summed E-state index contributed by atoms with van der Waals surface area (Å²) in [6, 6.07) is 6.71. The molecule has 2 heteroatoms. The van der Waals surface area contributed by atoms with E-state index in [4.69, 9.17) is 0 Å². The second-order valence-electron chi connectivity index (χ2n) is 6.45. The normalized spacial score (nSPS) is 21.5. The molecule has 0 radical (unpaired) electrons. The maximum absolute atomic E-state index is 3.84. The van der Waals surface area contributed by atoms with Crippen molar-refractivity contribution in [2.75, 3.05) is 11.9 Å². The molecule has 0 saturated heterocycles. The summed E-state index contributed by atoms with van der Waals surface area (Å²) in [5.41, 5.74) is 4.76. The van der Waals surface area contributed by atoms with E-state index < -0.39 is 0 Å². The van der Waals surface area contributed by atoms with E-state index in [2.05, 4.69) is 35.8 Å². The first-order valence-corrected chi connectivity index (χ1v) is 7.87. The van der Waals surface area contributed by atoms with Gasteiger partial charge in [0.15, 0.2) is 0 Å². The van der Waals surface area contributed by atoms with Gasteiger partial charge in [0.2, 0.25) is 0 Å². The monoisotopic (exact) mass is 258 g/mol. The Bertz CT molecular complexity index is 433. The van der Waals surface area contributed by atoms with Gasteiger partial charge in [0.05, 0.1) is 0 Å². The first-order valence-electron chi connectivity index (χ1n) is 7.87. The Morgan fingerprint density at radius 1 is 1.16 bits per heavy atom. The number of benzene rings is 1. The van der Waals surface area contributed by atoms with Crippen LogP contribution >= 0.6 is 0 Å². The summed E-state index contributed by atoms with van der Waals surface area (Å²) in [6.45, 7) is 4.56. The molecule has 19 heavy (non-hydrogen) atoms. The van der Waals surface area contributed by atoms with Gasteiger partial charge in [-0.25, -0.2) is 0 Å². The molecule has 0 amide bonds. The molecular formula is C17H26N2. The zero-order valence-corrected chi connectivity index (χ0v) is 12.1. The van der Waals surface area contributed by atoms with E-state index in [9.17, 15) is 0 Å². The van der Waals surface area contributed by atoms with Gasteiger partial charge in [0.25, 0.3) is 0 Å². The Labute approximate surface area is 117 Å². The van der Waals surface area contributed by atoms with Crippen molar-refractivity contribution in [3.8, 4) is 0 Å². The molecule has 2 nitrogen and oxygen atoms in total. The second kappa shape index (κ2) is 5.54. The molecule has 1 fully saturated rings. The van der Waals surface area contributed by atoms with Gasteiger partial charge in [-0.1, -0.05) is 31.4 Å². The Morgan fingerprint density at radius 3 is 2.84 bits per heavy atom. The Kier molecular flexibility index (Phi) is 3.79. The highest BCUT2D eigenvalue weighted by Crippen LogP contribution is 2.29. The molecule has 1 heterocycles. The highest BCUT2D eigenvalue weighted by Gasteiger charge is 2.26. The van der Waals surface area contributed by atoms with Crippen LogP contribution in [0, 0.1) is 0 Å². The molecule has 1 aromatic rings. The molecule has 0 bridgehead atoms. The summed E-state index contributed by atoms with van der Waals surface area (Å²) in [5, 5.41) is 7.36. The SMILES string of the molecule is CC1(NCc2cccc3c2CCCN3)CCCCC1. The molecule has 0 spiro atoms. The van der Waals surface area contributed by atoms with Gasteiger partial charge in [-0.2, -0.15) is 0 Å². The minimum Gasteiger partial charge on any atom is -0.385 e. The molecular weight excluding hydrogens is 232 g/mol. The fourth-order valence-electron chi connectivity index (χ4n) is 3.57. The van der Waals surface area contributed by atoms with Crippen LogP contribution < -0.4 is 10.6 Å². The zero-order chi connectivity index (χ0) is 13.1. The molecule has 3 rings (SSSR count). The average Bonchev–Trinajstić information content (AvgIpc) is 2.46. The maximum atomic E-state index is 3.84. The van der Waals surface area contributed by atoms with Crippen molar-refractivity contribution in [3.63, 3.8) is 0 Å². The Balaban J connectivity index is 1.69. The van der Waals surface area contributed by atoms with Crippen molar-refractivity contribution >= 4 is 5.69 Å². The lowest BCUT2D eigenvalue weighted by Crippen LogP contribution is -2.43. The summed E-state index contributed by atoms with van der Waals surface area (Å²) in [5.74, 6) is 0. The minimum atomic E-state index is 0.364. The second-order valence-corrected chi connectivity index (χ2v) is 6.45. The zero-order valence-electron chi connectivity index (χ0n) is 12.1. The predicted molar refractivity (Wildman–Crippen MR) is 81.6 cm³/mol. The highest BCUT2D eigenvalue weighted by atomic mass is 15.0. The van der Waals surface area contributed by atoms with E-state index in [1.807, 2.05) is 0 Å². The largest absolute Gasteiger partial charge is 0.385 e. The third kappa shape index (κ3) is 2.94. The Hall–Kier alpha value is -1.02. The number of rotatable bonds is 3. The van der Waals surface area contributed by atoms with Crippen LogP contribution in [0.4, 0.5) is 5.69 Å². The van der Waals surface area contributed by atoms with E-state index in [-0.39, 0.29) is 0 Å². The number of hydrogen-bond acceptors (Lipinski definition) is 2. The standard InChI is InChI=1S/C17H26N2/c1-17(10-3-2-4-11-17)19-13-14-7-5-9-16-15(14)8-6-12-18-16/h5,7,9,18-19H,2-4,6,8,10-13H2,1H3. The summed E-state index contributed by atoms with van der Waals surface area (Å²) in [4.78, 5) is 0. The fourth-order valence-corrected chi connectivity index (χ4v) is 3.57. The van der Waals surface area contributed by atoms with Crippen molar-refractivity contribution < 1.29 is 0 Å². The van der Waals surface area contributed by atoms with Crippen LogP contribution in [0.3, 0.4) is 0 Å². The molecule has 2 N–H and O–H groups in total. The van der Waals surface area contributed by atoms with Crippen LogP contribution in [0.15, 0.2) is 18.2 Å². The van der Waals surface area contributed by atoms with Crippen LogP contribution in [0.5, 0.6) is 0 Å². The smallest absolute Gasteiger partial charge is 0.0375 e. The van der Waals surface area contributed by atoms with Crippen LogP contribution in [-0.4, -0.2) is 12.1 Å². The van der Waals surface area contributed by atoms with Gasteiger partial charge < -0.3 is 10.6 Å². The molecule has 1 saturated carbocycles. The third-order valence-corrected chi connectivity index (χ3v) is 4.85. The lowest BCUT2D eigenvalue weighted by atomic mass is 9.83. The molecule has 1 aliphatic heterocycles. The predicted octanol–water partition coefficient (Wildman–Crippen LogP) is 3.86. The van der Waals surface area contributed by atoms with Gasteiger partial charge in [0.1, 0.15) is 0 Å². The van der Waals surface area contributed by atoms with Crippen molar-refractivity contribution in [2.24, 2.45) is 0 Å². The number of fused-ring (bicyclic) bond motifs is 1. The molecule has 0 unspecified atom stereocenters. The van der Waals surface area contributed by atoms with Crippen LogP contribution in [0.2, 0.25) is 0 Å². The van der Waals surface area contributed by atoms with Gasteiger partial charge >= 0.3 is 0 Å².